The normalized spacial score (nSPS) is 10.7. The molecule has 2 nitrogen and oxygen atoms in total. The van der Waals surface area contributed by atoms with Crippen LogP contribution in [0.2, 0.25) is 0 Å². The molecule has 2 radical (unpaired) electrons. The van der Waals surface area contributed by atoms with E-state index in [1.807, 2.05) is 19.1 Å². The van der Waals surface area contributed by atoms with Crippen LogP contribution in [0.15, 0.2) is 29.2 Å². The molecule has 0 saturated carbocycles. The Kier molecular flexibility index (Phi) is 1.95. The van der Waals surface area contributed by atoms with Gasteiger partial charge in [-0.25, -0.2) is 0 Å². The van der Waals surface area contributed by atoms with Crippen LogP contribution in [-0.4, -0.2) is 12.4 Å². The van der Waals surface area contributed by atoms with Crippen molar-refractivity contribution in [2.45, 2.75) is 6.92 Å². The van der Waals surface area contributed by atoms with Gasteiger partial charge in [0.1, 0.15) is 7.85 Å². The number of aromatic nitrogens is 1. The highest BCUT2D eigenvalue weighted by atomic mass is 16.1. The third kappa shape index (κ3) is 1.17. The Morgan fingerprint density at radius 2 is 2.07 bits per heavy atom. The number of pyridine rings is 1. The highest BCUT2D eigenvalue weighted by Gasteiger charge is 2.04. The van der Waals surface area contributed by atoms with Crippen molar-refractivity contribution in [3.8, 4) is 0 Å². The highest BCUT2D eigenvalue weighted by Crippen LogP contribution is 2.11. The van der Waals surface area contributed by atoms with E-state index in [1.165, 1.54) is 4.57 Å². The van der Waals surface area contributed by atoms with Gasteiger partial charge in [0.25, 0.3) is 5.56 Å². The lowest BCUT2D eigenvalue weighted by molar-refractivity contribution is 0.878. The highest BCUT2D eigenvalue weighted by molar-refractivity contribution is 6.38. The van der Waals surface area contributed by atoms with Gasteiger partial charge in [0.15, 0.2) is 0 Å². The minimum atomic E-state index is -0.00194. The Bertz CT molecular complexity index is 557. The second-order valence-corrected chi connectivity index (χ2v) is 3.50. The van der Waals surface area contributed by atoms with Gasteiger partial charge in [0.05, 0.1) is 0 Å². The minimum absolute atomic E-state index is 0.00194. The number of rotatable bonds is 0. The molecule has 0 aliphatic heterocycles. The first-order chi connectivity index (χ1) is 6.61. The summed E-state index contributed by atoms with van der Waals surface area (Å²) >= 11 is 0. The van der Waals surface area contributed by atoms with Crippen molar-refractivity contribution in [1.29, 1.82) is 0 Å². The first-order valence-electron chi connectivity index (χ1n) is 4.45. The summed E-state index contributed by atoms with van der Waals surface area (Å²) in [6.45, 7) is 1.96. The lowest BCUT2D eigenvalue weighted by Crippen LogP contribution is -2.23. The lowest BCUT2D eigenvalue weighted by atomic mass is 9.90. The first kappa shape index (κ1) is 9.07. The van der Waals surface area contributed by atoms with Crippen LogP contribution in [0.3, 0.4) is 0 Å². The molecule has 3 heteroatoms. The Labute approximate surface area is 83.6 Å². The number of aryl methyl sites for hydroxylation is 2. The fourth-order valence-electron chi connectivity index (χ4n) is 1.75. The monoisotopic (exact) mass is 183 g/mol. The molecule has 0 aliphatic rings. The van der Waals surface area contributed by atoms with Crippen LogP contribution in [0, 0.1) is 6.92 Å². The molecule has 68 valence electrons. The van der Waals surface area contributed by atoms with E-state index >= 15 is 0 Å². The quantitative estimate of drug-likeness (QED) is 0.549. The van der Waals surface area contributed by atoms with E-state index in [-0.39, 0.29) is 5.56 Å². The molecule has 0 amide bonds. The zero-order valence-electron chi connectivity index (χ0n) is 8.24. The number of hydrogen-bond acceptors (Lipinski definition) is 1. The smallest absolute Gasteiger partial charge is 0.258 e. The summed E-state index contributed by atoms with van der Waals surface area (Å²) in [5, 5.41) is 1.56. The maximum absolute atomic E-state index is 11.7. The lowest BCUT2D eigenvalue weighted by Gasteiger charge is -2.07. The Morgan fingerprint density at radius 1 is 1.36 bits per heavy atom. The average molecular weight is 183 g/mol. The van der Waals surface area contributed by atoms with E-state index in [1.54, 1.807) is 19.3 Å². The van der Waals surface area contributed by atoms with Gasteiger partial charge in [0, 0.05) is 18.6 Å². The Morgan fingerprint density at radius 3 is 2.79 bits per heavy atom. The zero-order chi connectivity index (χ0) is 10.3. The molecule has 0 unspecified atom stereocenters. The van der Waals surface area contributed by atoms with E-state index in [2.05, 4.69) is 0 Å². The van der Waals surface area contributed by atoms with Crippen molar-refractivity contribution < 1.29 is 0 Å². The van der Waals surface area contributed by atoms with E-state index in [9.17, 15) is 4.79 Å². The average Bonchev–Trinajstić information content (AvgIpc) is 2.14. The van der Waals surface area contributed by atoms with Crippen molar-refractivity contribution in [3.05, 3.63) is 40.3 Å². The van der Waals surface area contributed by atoms with Gasteiger partial charge in [-0.05, 0) is 23.9 Å². The molecule has 0 saturated heterocycles. The maximum Gasteiger partial charge on any atom is 0.258 e. The van der Waals surface area contributed by atoms with E-state index in [0.717, 1.165) is 10.9 Å². The molecular formula is C11H10BNO. The van der Waals surface area contributed by atoms with Crippen molar-refractivity contribution >= 4 is 24.1 Å². The fourth-order valence-corrected chi connectivity index (χ4v) is 1.75. The molecule has 2 aromatic rings. The molecular weight excluding hydrogens is 173 g/mol. The van der Waals surface area contributed by atoms with Crippen LogP contribution in [0.1, 0.15) is 5.56 Å². The van der Waals surface area contributed by atoms with Gasteiger partial charge in [-0.1, -0.05) is 17.6 Å². The predicted molar refractivity (Wildman–Crippen MR) is 59.3 cm³/mol. The Hall–Kier alpha value is -1.51. The first-order valence-corrected chi connectivity index (χ1v) is 4.45. The van der Waals surface area contributed by atoms with Crippen LogP contribution in [0.5, 0.6) is 0 Å². The summed E-state index contributed by atoms with van der Waals surface area (Å²) < 4.78 is 1.51. The molecule has 1 heterocycles. The molecule has 0 aliphatic carbocycles. The van der Waals surface area contributed by atoms with Crippen molar-refractivity contribution in [2.24, 2.45) is 7.05 Å². The summed E-state index contributed by atoms with van der Waals surface area (Å²) in [6, 6.07) is 5.64. The molecule has 0 spiro atoms. The molecule has 0 fully saturated rings. The maximum atomic E-state index is 11.7. The van der Waals surface area contributed by atoms with Crippen LogP contribution >= 0.6 is 0 Å². The molecule has 1 aromatic heterocycles. The summed E-state index contributed by atoms with van der Waals surface area (Å²) in [5.41, 5.74) is 1.69. The number of fused-ring (bicyclic) bond motifs is 1. The topological polar surface area (TPSA) is 22.0 Å². The summed E-state index contributed by atoms with van der Waals surface area (Å²) in [7, 11) is 7.58. The second-order valence-electron chi connectivity index (χ2n) is 3.50. The molecule has 2 rings (SSSR count). The molecule has 0 N–H and O–H groups in total. The molecule has 1 aromatic carbocycles. The minimum Gasteiger partial charge on any atom is -0.319 e. The molecule has 0 atom stereocenters. The van der Waals surface area contributed by atoms with Crippen LogP contribution < -0.4 is 11.0 Å². The van der Waals surface area contributed by atoms with Gasteiger partial charge in [0.2, 0.25) is 0 Å². The van der Waals surface area contributed by atoms with Gasteiger partial charge in [-0.15, -0.1) is 0 Å². The largest absolute Gasteiger partial charge is 0.319 e. The predicted octanol–water partition coefficient (Wildman–Crippen LogP) is 0.641. The summed E-state index contributed by atoms with van der Waals surface area (Å²) in [6.07, 6.45) is 1.66. The number of hydrogen-bond donors (Lipinski definition) is 0. The third-order valence-corrected chi connectivity index (χ3v) is 2.44. The van der Waals surface area contributed by atoms with Crippen molar-refractivity contribution in [3.63, 3.8) is 0 Å². The molecule has 0 bridgehead atoms. The van der Waals surface area contributed by atoms with E-state index < -0.39 is 0 Å². The van der Waals surface area contributed by atoms with Crippen LogP contribution in [0.25, 0.3) is 10.8 Å². The standard InChI is InChI=1S/C11H10BNO/c1-7-4-3-5-8-10(7)9(12)6-13(2)11(8)14/h3-6H,1-2H3. The second kappa shape index (κ2) is 3.01. The number of benzene rings is 1. The zero-order valence-corrected chi connectivity index (χ0v) is 8.24. The summed E-state index contributed by atoms with van der Waals surface area (Å²) in [5.74, 6) is 0. The van der Waals surface area contributed by atoms with Gasteiger partial charge in [-0.2, -0.15) is 0 Å². The van der Waals surface area contributed by atoms with Crippen LogP contribution in [0.4, 0.5) is 0 Å². The van der Waals surface area contributed by atoms with Crippen molar-refractivity contribution in [1.82, 2.24) is 4.57 Å². The van der Waals surface area contributed by atoms with Gasteiger partial charge < -0.3 is 4.57 Å². The third-order valence-electron chi connectivity index (χ3n) is 2.44. The number of nitrogens with zero attached hydrogens (tertiary/aromatic N) is 1. The molecule has 14 heavy (non-hydrogen) atoms. The van der Waals surface area contributed by atoms with Gasteiger partial charge in [-0.3, -0.25) is 4.79 Å². The fraction of sp³-hybridized carbons (Fsp3) is 0.182. The van der Waals surface area contributed by atoms with E-state index in [4.69, 9.17) is 7.85 Å². The SMILES string of the molecule is [B]c1cn(C)c(=O)c2cccc(C)c12. The van der Waals surface area contributed by atoms with Crippen LogP contribution in [-0.2, 0) is 7.05 Å². The van der Waals surface area contributed by atoms with Gasteiger partial charge >= 0.3 is 0 Å². The Balaban J connectivity index is 3.10. The summed E-state index contributed by atoms with van der Waals surface area (Å²) in [4.78, 5) is 11.7. The van der Waals surface area contributed by atoms with E-state index in [0.29, 0.717) is 10.8 Å². The van der Waals surface area contributed by atoms with Crippen molar-refractivity contribution in [2.75, 3.05) is 0 Å².